The van der Waals surface area contributed by atoms with Gasteiger partial charge in [0.15, 0.2) is 0 Å². The Balaban J connectivity index is 2.66. The number of imidazole rings is 1. The fraction of sp³-hybridized carbons (Fsp3) is 0.385. The molecule has 0 spiro atoms. The smallest absolute Gasteiger partial charge is 0.335 e. The predicted octanol–water partition coefficient (Wildman–Crippen LogP) is 1.85. The molecule has 0 bridgehead atoms. The van der Waals surface area contributed by atoms with E-state index < -0.39 is 5.97 Å². The maximum Gasteiger partial charge on any atom is 0.335 e. The molecular weight excluding hydrogens is 232 g/mol. The Bertz CT molecular complexity index is 589. The van der Waals surface area contributed by atoms with Gasteiger partial charge in [-0.25, -0.2) is 9.78 Å². The number of fused-ring (bicyclic) bond motifs is 1. The second-order valence-corrected chi connectivity index (χ2v) is 4.29. The summed E-state index contributed by atoms with van der Waals surface area (Å²) in [5.41, 5.74) is 1.75. The Morgan fingerprint density at radius 1 is 1.50 bits per heavy atom. The standard InChI is InChI=1S/C13H16N2O3/c1-3-12-14-10-6-9(13(17)18)4-5-11(10)15(12)8(2)7-16/h4-6,8,16H,3,7H2,1-2H3,(H,17,18). The van der Waals surface area contributed by atoms with E-state index in [1.807, 2.05) is 18.4 Å². The minimum Gasteiger partial charge on any atom is -0.478 e. The first-order valence-corrected chi connectivity index (χ1v) is 5.93. The molecule has 1 aromatic heterocycles. The summed E-state index contributed by atoms with van der Waals surface area (Å²) in [5.74, 6) is -0.103. The van der Waals surface area contributed by atoms with Gasteiger partial charge in [-0.2, -0.15) is 0 Å². The first kappa shape index (κ1) is 12.6. The van der Waals surface area contributed by atoms with Crippen molar-refractivity contribution < 1.29 is 15.0 Å². The van der Waals surface area contributed by atoms with Crippen LogP contribution in [0.1, 0.15) is 36.1 Å². The number of hydrogen-bond donors (Lipinski definition) is 2. The molecule has 2 rings (SSSR count). The lowest BCUT2D eigenvalue weighted by molar-refractivity contribution is 0.0697. The summed E-state index contributed by atoms with van der Waals surface area (Å²) in [6, 6.07) is 4.81. The van der Waals surface area contributed by atoms with Gasteiger partial charge >= 0.3 is 5.97 Å². The van der Waals surface area contributed by atoms with Crippen molar-refractivity contribution in [3.63, 3.8) is 0 Å². The van der Waals surface area contributed by atoms with Crippen molar-refractivity contribution in [2.75, 3.05) is 6.61 Å². The zero-order valence-corrected chi connectivity index (χ0v) is 10.4. The monoisotopic (exact) mass is 248 g/mol. The van der Waals surface area contributed by atoms with Gasteiger partial charge in [0.1, 0.15) is 5.82 Å². The molecule has 0 aliphatic heterocycles. The van der Waals surface area contributed by atoms with Crippen LogP contribution in [0.25, 0.3) is 11.0 Å². The third kappa shape index (κ3) is 1.97. The number of aromatic carboxylic acids is 1. The molecule has 1 aromatic carbocycles. The molecule has 0 fully saturated rings. The number of benzene rings is 1. The van der Waals surface area contributed by atoms with E-state index in [1.165, 1.54) is 0 Å². The maximum atomic E-state index is 10.9. The average Bonchev–Trinajstić information content (AvgIpc) is 2.74. The minimum atomic E-state index is -0.959. The van der Waals surface area contributed by atoms with Gasteiger partial charge in [-0.15, -0.1) is 0 Å². The number of carboxylic acid groups (broad SMARTS) is 1. The molecule has 1 unspecified atom stereocenters. The van der Waals surface area contributed by atoms with E-state index in [1.54, 1.807) is 18.2 Å². The molecule has 5 heteroatoms. The molecule has 18 heavy (non-hydrogen) atoms. The summed E-state index contributed by atoms with van der Waals surface area (Å²) in [5, 5.41) is 18.2. The van der Waals surface area contributed by atoms with Gasteiger partial charge < -0.3 is 14.8 Å². The van der Waals surface area contributed by atoms with E-state index in [-0.39, 0.29) is 18.2 Å². The van der Waals surface area contributed by atoms with Gasteiger partial charge in [-0.3, -0.25) is 0 Å². The highest BCUT2D eigenvalue weighted by Crippen LogP contribution is 2.22. The van der Waals surface area contributed by atoms with Crippen molar-refractivity contribution in [1.82, 2.24) is 9.55 Å². The molecule has 2 N–H and O–H groups in total. The number of carboxylic acids is 1. The molecule has 0 aliphatic carbocycles. The first-order chi connectivity index (χ1) is 8.58. The maximum absolute atomic E-state index is 10.9. The van der Waals surface area contributed by atoms with Crippen LogP contribution < -0.4 is 0 Å². The second kappa shape index (κ2) is 4.78. The average molecular weight is 248 g/mol. The molecular formula is C13H16N2O3. The van der Waals surface area contributed by atoms with Gasteiger partial charge in [-0.1, -0.05) is 6.92 Å². The number of hydrogen-bond acceptors (Lipinski definition) is 3. The van der Waals surface area contributed by atoms with E-state index in [4.69, 9.17) is 5.11 Å². The Hall–Kier alpha value is -1.88. The van der Waals surface area contributed by atoms with Gasteiger partial charge in [0, 0.05) is 6.42 Å². The third-order valence-electron chi connectivity index (χ3n) is 3.03. The summed E-state index contributed by atoms with van der Waals surface area (Å²) < 4.78 is 1.96. The number of aryl methyl sites for hydroxylation is 1. The number of rotatable bonds is 4. The number of aliphatic hydroxyl groups is 1. The molecule has 0 saturated heterocycles. The van der Waals surface area contributed by atoms with Crippen LogP contribution in [-0.2, 0) is 6.42 Å². The zero-order chi connectivity index (χ0) is 13.3. The number of aliphatic hydroxyl groups excluding tert-OH is 1. The predicted molar refractivity (Wildman–Crippen MR) is 67.9 cm³/mol. The summed E-state index contributed by atoms with van der Waals surface area (Å²) >= 11 is 0. The van der Waals surface area contributed by atoms with E-state index in [9.17, 15) is 9.90 Å². The summed E-state index contributed by atoms with van der Waals surface area (Å²) in [4.78, 5) is 15.4. The van der Waals surface area contributed by atoms with E-state index in [2.05, 4.69) is 4.98 Å². The van der Waals surface area contributed by atoms with Crippen LogP contribution in [0.4, 0.5) is 0 Å². The van der Waals surface area contributed by atoms with Crippen molar-refractivity contribution in [1.29, 1.82) is 0 Å². The molecule has 1 atom stereocenters. The van der Waals surface area contributed by atoms with Crippen LogP contribution in [0, 0.1) is 0 Å². The van der Waals surface area contributed by atoms with Crippen LogP contribution in [0.3, 0.4) is 0 Å². The lowest BCUT2D eigenvalue weighted by atomic mass is 10.2. The summed E-state index contributed by atoms with van der Waals surface area (Å²) in [6.45, 7) is 3.92. The Kier molecular flexibility index (Phi) is 3.34. The minimum absolute atomic E-state index is 0.0269. The molecule has 0 amide bonds. The second-order valence-electron chi connectivity index (χ2n) is 4.29. The van der Waals surface area contributed by atoms with Crippen molar-refractivity contribution in [2.45, 2.75) is 26.3 Å². The van der Waals surface area contributed by atoms with Crippen LogP contribution >= 0.6 is 0 Å². The lowest BCUT2D eigenvalue weighted by Crippen LogP contribution is -2.12. The number of carbonyl (C=O) groups is 1. The van der Waals surface area contributed by atoms with E-state index in [0.29, 0.717) is 5.52 Å². The summed E-state index contributed by atoms with van der Waals surface area (Å²) in [7, 11) is 0. The molecule has 0 aliphatic rings. The Morgan fingerprint density at radius 3 is 2.78 bits per heavy atom. The van der Waals surface area contributed by atoms with Crippen LogP contribution in [0.15, 0.2) is 18.2 Å². The highest BCUT2D eigenvalue weighted by Gasteiger charge is 2.15. The third-order valence-corrected chi connectivity index (χ3v) is 3.03. The highest BCUT2D eigenvalue weighted by atomic mass is 16.4. The normalized spacial score (nSPS) is 12.8. The topological polar surface area (TPSA) is 75.3 Å². The van der Waals surface area contributed by atoms with Crippen LogP contribution in [0.5, 0.6) is 0 Å². The van der Waals surface area contributed by atoms with Gasteiger partial charge in [0.25, 0.3) is 0 Å². The zero-order valence-electron chi connectivity index (χ0n) is 10.4. The van der Waals surface area contributed by atoms with Crippen LogP contribution in [0.2, 0.25) is 0 Å². The van der Waals surface area contributed by atoms with E-state index in [0.717, 1.165) is 17.8 Å². The Labute approximate surface area is 105 Å². The largest absolute Gasteiger partial charge is 0.478 e. The number of aromatic nitrogens is 2. The molecule has 0 radical (unpaired) electrons. The fourth-order valence-electron chi connectivity index (χ4n) is 2.10. The molecule has 96 valence electrons. The van der Waals surface area contributed by atoms with Crippen molar-refractivity contribution in [2.24, 2.45) is 0 Å². The van der Waals surface area contributed by atoms with Crippen LogP contribution in [-0.4, -0.2) is 32.3 Å². The van der Waals surface area contributed by atoms with Gasteiger partial charge in [-0.05, 0) is 25.1 Å². The Morgan fingerprint density at radius 2 is 2.22 bits per heavy atom. The van der Waals surface area contributed by atoms with Crippen molar-refractivity contribution in [3.8, 4) is 0 Å². The highest BCUT2D eigenvalue weighted by molar-refractivity contribution is 5.92. The number of nitrogens with zero attached hydrogens (tertiary/aromatic N) is 2. The first-order valence-electron chi connectivity index (χ1n) is 5.93. The quantitative estimate of drug-likeness (QED) is 0.865. The lowest BCUT2D eigenvalue weighted by Gasteiger charge is -2.14. The molecule has 2 aromatic rings. The van der Waals surface area contributed by atoms with Gasteiger partial charge in [0.05, 0.1) is 29.2 Å². The fourth-order valence-corrected chi connectivity index (χ4v) is 2.10. The molecule has 5 nitrogen and oxygen atoms in total. The van der Waals surface area contributed by atoms with Gasteiger partial charge in [0.2, 0.25) is 0 Å². The summed E-state index contributed by atoms with van der Waals surface area (Å²) in [6.07, 6.45) is 0.738. The van der Waals surface area contributed by atoms with Crippen molar-refractivity contribution in [3.05, 3.63) is 29.6 Å². The SMILES string of the molecule is CCc1nc2cc(C(=O)O)ccc2n1C(C)CO. The van der Waals surface area contributed by atoms with Crippen molar-refractivity contribution >= 4 is 17.0 Å². The van der Waals surface area contributed by atoms with E-state index >= 15 is 0 Å². The molecule has 0 saturated carbocycles. The molecule has 1 heterocycles.